The lowest BCUT2D eigenvalue weighted by Crippen LogP contribution is -2.37. The summed E-state index contributed by atoms with van der Waals surface area (Å²) in [7, 11) is 0. The molecule has 2 rings (SSSR count). The summed E-state index contributed by atoms with van der Waals surface area (Å²) in [5.74, 6) is 0.337. The number of halogens is 2. The lowest BCUT2D eigenvalue weighted by molar-refractivity contribution is 0.458. The van der Waals surface area contributed by atoms with Crippen molar-refractivity contribution in [3.63, 3.8) is 0 Å². The maximum atomic E-state index is 13.8. The van der Waals surface area contributed by atoms with Gasteiger partial charge in [-0.2, -0.15) is 0 Å². The van der Waals surface area contributed by atoms with Gasteiger partial charge < -0.3 is 10.6 Å². The van der Waals surface area contributed by atoms with Crippen LogP contribution < -0.4 is 5.73 Å². The average Bonchev–Trinajstić information content (AvgIpc) is 3.09. The van der Waals surface area contributed by atoms with Gasteiger partial charge in [-0.3, -0.25) is 0 Å². The predicted molar refractivity (Wildman–Crippen MR) is 77.1 cm³/mol. The molecule has 2 atom stereocenters. The van der Waals surface area contributed by atoms with E-state index in [2.05, 4.69) is 4.99 Å². The standard InChI is InChI=1S/C14H19ClFN3/c1-3-19(4-2)14(17)18-12-8-9(12)13-10(15)6-5-7-11(13)16/h5-7,9,12H,3-4,8H2,1-2H3,(H2,17,18). The van der Waals surface area contributed by atoms with Gasteiger partial charge in [0.15, 0.2) is 5.96 Å². The Balaban J connectivity index is 2.11. The average molecular weight is 284 g/mol. The second-order valence-electron chi connectivity index (χ2n) is 4.70. The van der Waals surface area contributed by atoms with E-state index in [1.54, 1.807) is 12.1 Å². The van der Waals surface area contributed by atoms with Crippen molar-refractivity contribution < 1.29 is 4.39 Å². The van der Waals surface area contributed by atoms with Crippen molar-refractivity contribution in [2.45, 2.75) is 32.2 Å². The van der Waals surface area contributed by atoms with E-state index in [1.165, 1.54) is 6.07 Å². The maximum absolute atomic E-state index is 13.8. The molecule has 1 aromatic carbocycles. The van der Waals surface area contributed by atoms with E-state index in [4.69, 9.17) is 17.3 Å². The van der Waals surface area contributed by atoms with Crippen LogP contribution in [0.5, 0.6) is 0 Å². The normalized spacial score (nSPS) is 22.4. The molecular weight excluding hydrogens is 265 g/mol. The topological polar surface area (TPSA) is 41.6 Å². The number of nitrogens with two attached hydrogens (primary N) is 1. The van der Waals surface area contributed by atoms with E-state index in [9.17, 15) is 4.39 Å². The fraction of sp³-hybridized carbons (Fsp3) is 0.500. The Morgan fingerprint density at radius 2 is 2.16 bits per heavy atom. The van der Waals surface area contributed by atoms with E-state index < -0.39 is 0 Å². The molecule has 5 heteroatoms. The van der Waals surface area contributed by atoms with Gasteiger partial charge in [0.1, 0.15) is 5.82 Å². The number of guanidine groups is 1. The Morgan fingerprint density at radius 3 is 2.74 bits per heavy atom. The molecule has 19 heavy (non-hydrogen) atoms. The summed E-state index contributed by atoms with van der Waals surface area (Å²) in [6, 6.07) is 4.82. The Bertz CT molecular complexity index is 465. The molecule has 0 saturated heterocycles. The van der Waals surface area contributed by atoms with E-state index in [0.29, 0.717) is 16.5 Å². The van der Waals surface area contributed by atoms with Crippen LogP contribution in [0, 0.1) is 5.82 Å². The largest absolute Gasteiger partial charge is 0.370 e. The van der Waals surface area contributed by atoms with Gasteiger partial charge in [-0.05, 0) is 32.4 Å². The van der Waals surface area contributed by atoms with Gasteiger partial charge in [0.05, 0.1) is 6.04 Å². The van der Waals surface area contributed by atoms with Gasteiger partial charge in [0.2, 0.25) is 0 Å². The first-order valence-corrected chi connectivity index (χ1v) is 6.98. The van der Waals surface area contributed by atoms with Crippen LogP contribution in [0.2, 0.25) is 5.02 Å². The minimum absolute atomic E-state index is 0.0509. The van der Waals surface area contributed by atoms with E-state index in [1.807, 2.05) is 18.7 Å². The molecular formula is C14H19ClFN3. The highest BCUT2D eigenvalue weighted by Gasteiger charge is 2.41. The zero-order valence-electron chi connectivity index (χ0n) is 11.2. The van der Waals surface area contributed by atoms with Crippen LogP contribution in [0.25, 0.3) is 0 Å². The molecule has 0 aromatic heterocycles. The molecule has 0 spiro atoms. The third-order valence-corrected chi connectivity index (χ3v) is 3.84. The SMILES string of the molecule is CCN(CC)C(N)=NC1CC1c1c(F)cccc1Cl. The van der Waals surface area contributed by atoms with Gasteiger partial charge in [0.25, 0.3) is 0 Å². The van der Waals surface area contributed by atoms with Crippen molar-refractivity contribution in [2.24, 2.45) is 10.7 Å². The van der Waals surface area contributed by atoms with Crippen LogP contribution in [0.1, 0.15) is 31.7 Å². The summed E-state index contributed by atoms with van der Waals surface area (Å²) in [6.45, 7) is 5.71. The van der Waals surface area contributed by atoms with E-state index >= 15 is 0 Å². The van der Waals surface area contributed by atoms with Crippen molar-refractivity contribution >= 4 is 17.6 Å². The molecule has 0 heterocycles. The lowest BCUT2D eigenvalue weighted by atomic mass is 10.1. The molecule has 0 aliphatic heterocycles. The third-order valence-electron chi connectivity index (χ3n) is 3.51. The highest BCUT2D eigenvalue weighted by atomic mass is 35.5. The highest BCUT2D eigenvalue weighted by Crippen LogP contribution is 2.47. The number of nitrogens with zero attached hydrogens (tertiary/aromatic N) is 2. The first-order chi connectivity index (χ1) is 9.08. The molecule has 0 radical (unpaired) electrons. The Morgan fingerprint density at radius 1 is 1.47 bits per heavy atom. The van der Waals surface area contributed by atoms with Crippen LogP contribution in [0.15, 0.2) is 23.2 Å². The summed E-state index contributed by atoms with van der Waals surface area (Å²) in [4.78, 5) is 6.45. The number of aliphatic imine (C=N–C) groups is 1. The van der Waals surface area contributed by atoms with Crippen LogP contribution in [-0.2, 0) is 0 Å². The summed E-state index contributed by atoms with van der Waals surface area (Å²) >= 11 is 6.05. The molecule has 1 aliphatic carbocycles. The Hall–Kier alpha value is -1.29. The monoisotopic (exact) mass is 283 g/mol. The van der Waals surface area contributed by atoms with Crippen LogP contribution in [0.4, 0.5) is 4.39 Å². The predicted octanol–water partition coefficient (Wildman–Crippen LogP) is 2.99. The summed E-state index contributed by atoms with van der Waals surface area (Å²) in [6.07, 6.45) is 0.808. The van der Waals surface area contributed by atoms with Gasteiger partial charge >= 0.3 is 0 Å². The van der Waals surface area contributed by atoms with Crippen molar-refractivity contribution in [3.05, 3.63) is 34.6 Å². The minimum atomic E-state index is -0.253. The van der Waals surface area contributed by atoms with Gasteiger partial charge in [-0.1, -0.05) is 17.7 Å². The van der Waals surface area contributed by atoms with Crippen LogP contribution in [-0.4, -0.2) is 30.0 Å². The van der Waals surface area contributed by atoms with Gasteiger partial charge in [-0.25, -0.2) is 9.38 Å². The number of hydrogen-bond donors (Lipinski definition) is 1. The Kier molecular flexibility index (Phi) is 4.30. The summed E-state index contributed by atoms with van der Waals surface area (Å²) in [5, 5.41) is 0.476. The number of rotatable bonds is 4. The number of benzene rings is 1. The molecule has 1 aromatic rings. The fourth-order valence-corrected chi connectivity index (χ4v) is 2.60. The quantitative estimate of drug-likeness (QED) is 0.682. The molecule has 1 saturated carbocycles. The molecule has 0 bridgehead atoms. The van der Waals surface area contributed by atoms with Gasteiger partial charge in [0, 0.05) is 29.6 Å². The smallest absolute Gasteiger partial charge is 0.191 e. The molecule has 2 N–H and O–H groups in total. The van der Waals surface area contributed by atoms with Crippen LogP contribution in [0.3, 0.4) is 0 Å². The second-order valence-corrected chi connectivity index (χ2v) is 5.11. The molecule has 104 valence electrons. The van der Waals surface area contributed by atoms with Gasteiger partial charge in [-0.15, -0.1) is 0 Å². The zero-order valence-corrected chi connectivity index (χ0v) is 12.0. The second kappa shape index (κ2) is 5.78. The molecule has 1 fully saturated rings. The van der Waals surface area contributed by atoms with E-state index in [0.717, 1.165) is 19.5 Å². The molecule has 3 nitrogen and oxygen atoms in total. The zero-order chi connectivity index (χ0) is 14.0. The molecule has 2 unspecified atom stereocenters. The van der Waals surface area contributed by atoms with Crippen molar-refractivity contribution in [2.75, 3.05) is 13.1 Å². The minimum Gasteiger partial charge on any atom is -0.370 e. The molecule has 1 aliphatic rings. The first-order valence-electron chi connectivity index (χ1n) is 6.60. The fourth-order valence-electron chi connectivity index (χ4n) is 2.30. The molecule has 0 amide bonds. The van der Waals surface area contributed by atoms with Crippen molar-refractivity contribution in [1.29, 1.82) is 0 Å². The van der Waals surface area contributed by atoms with E-state index in [-0.39, 0.29) is 17.8 Å². The van der Waals surface area contributed by atoms with Crippen molar-refractivity contribution in [1.82, 2.24) is 4.90 Å². The third kappa shape index (κ3) is 3.00. The summed E-state index contributed by atoms with van der Waals surface area (Å²) in [5.41, 5.74) is 6.52. The first kappa shape index (κ1) is 14.1. The van der Waals surface area contributed by atoms with Crippen molar-refractivity contribution in [3.8, 4) is 0 Å². The Labute approximate surface area is 118 Å². The summed E-state index contributed by atoms with van der Waals surface area (Å²) < 4.78 is 13.8. The maximum Gasteiger partial charge on any atom is 0.191 e. The lowest BCUT2D eigenvalue weighted by Gasteiger charge is -2.19. The number of hydrogen-bond acceptors (Lipinski definition) is 1. The highest BCUT2D eigenvalue weighted by molar-refractivity contribution is 6.31. The van der Waals surface area contributed by atoms with Crippen LogP contribution >= 0.6 is 11.6 Å².